The maximum absolute atomic E-state index is 4.51. The first-order valence-electron chi connectivity index (χ1n) is 2.42. The molecule has 0 unspecified atom stereocenters. The van der Waals surface area contributed by atoms with E-state index in [0.717, 1.165) is 5.82 Å². The van der Waals surface area contributed by atoms with E-state index in [4.69, 9.17) is 0 Å². The number of hydrogen-bond acceptors (Lipinski definition) is 3. The molecule has 2 N–H and O–H groups in total. The van der Waals surface area contributed by atoms with Crippen LogP contribution in [0.5, 0.6) is 0 Å². The Labute approximate surface area is 57.7 Å². The Morgan fingerprint density at radius 2 is 2.56 bits per heavy atom. The summed E-state index contributed by atoms with van der Waals surface area (Å²) in [6.07, 6.45) is 0. The topological polar surface area (TPSA) is 53.6 Å². The van der Waals surface area contributed by atoms with Crippen molar-refractivity contribution in [2.75, 3.05) is 5.32 Å². The molecule has 0 fully saturated rings. The zero-order chi connectivity index (χ0) is 6.69. The summed E-state index contributed by atoms with van der Waals surface area (Å²) < 4.78 is 0. The van der Waals surface area contributed by atoms with E-state index < -0.39 is 0 Å². The van der Waals surface area contributed by atoms with Crippen molar-refractivity contribution in [3.63, 3.8) is 0 Å². The summed E-state index contributed by atoms with van der Waals surface area (Å²) >= 11 is 4.51. The molecule has 0 spiro atoms. The molecular weight excluding hydrogens is 136 g/mol. The smallest absolute Gasteiger partial charge is 0.246 e. The zero-order valence-electron chi connectivity index (χ0n) is 4.88. The average molecular weight is 142 g/mol. The number of aromatic nitrogens is 3. The number of aromatic amines is 1. The fourth-order valence-electron chi connectivity index (χ4n) is 0.460. The Morgan fingerprint density at radius 3 is 3.00 bits per heavy atom. The van der Waals surface area contributed by atoms with Gasteiger partial charge >= 0.3 is 0 Å². The van der Waals surface area contributed by atoms with Gasteiger partial charge in [0.05, 0.1) is 5.49 Å². The van der Waals surface area contributed by atoms with Gasteiger partial charge in [0.2, 0.25) is 5.95 Å². The number of rotatable bonds is 2. The highest BCUT2D eigenvalue weighted by Gasteiger charge is 1.92. The van der Waals surface area contributed by atoms with E-state index in [1.54, 1.807) is 0 Å². The lowest BCUT2D eigenvalue weighted by molar-refractivity contribution is 1.04. The van der Waals surface area contributed by atoms with Crippen LogP contribution in [0.3, 0.4) is 0 Å². The van der Waals surface area contributed by atoms with Crippen molar-refractivity contribution < 1.29 is 0 Å². The molecule has 1 aromatic rings. The van der Waals surface area contributed by atoms with Crippen LogP contribution in [0, 0.1) is 6.92 Å². The standard InChI is InChI=1S/C4H6N4S/c1-3-6-4(5-2-9)8-7-3/h2H,1H3,(H2,5,6,7,8,9). The monoisotopic (exact) mass is 142 g/mol. The van der Waals surface area contributed by atoms with Crippen LogP contribution in [-0.4, -0.2) is 20.7 Å². The molecule has 0 saturated carbocycles. The molecule has 48 valence electrons. The van der Waals surface area contributed by atoms with Crippen molar-refractivity contribution in [3.8, 4) is 0 Å². The van der Waals surface area contributed by atoms with Gasteiger partial charge in [-0.15, -0.1) is 5.10 Å². The normalized spacial score (nSPS) is 9.00. The lowest BCUT2D eigenvalue weighted by atomic mass is 10.7. The molecule has 0 aromatic carbocycles. The van der Waals surface area contributed by atoms with Gasteiger partial charge in [0.15, 0.2) is 0 Å². The predicted octanol–water partition coefficient (Wildman–Crippen LogP) is 0.482. The molecule has 9 heavy (non-hydrogen) atoms. The molecule has 0 atom stereocenters. The summed E-state index contributed by atoms with van der Waals surface area (Å²) in [4.78, 5) is 3.92. The molecule has 0 aliphatic rings. The van der Waals surface area contributed by atoms with Crippen molar-refractivity contribution >= 4 is 23.7 Å². The van der Waals surface area contributed by atoms with Gasteiger partial charge in [0, 0.05) is 0 Å². The first-order chi connectivity index (χ1) is 4.33. The molecular formula is C4H6N4S. The van der Waals surface area contributed by atoms with E-state index in [1.165, 1.54) is 5.49 Å². The van der Waals surface area contributed by atoms with E-state index in [1.807, 2.05) is 6.92 Å². The average Bonchev–Trinajstić information content (AvgIpc) is 2.17. The van der Waals surface area contributed by atoms with E-state index in [2.05, 4.69) is 32.7 Å². The first-order valence-corrected chi connectivity index (χ1v) is 2.89. The van der Waals surface area contributed by atoms with Crippen LogP contribution in [-0.2, 0) is 0 Å². The van der Waals surface area contributed by atoms with Crippen LogP contribution in [0.2, 0.25) is 0 Å². The van der Waals surface area contributed by atoms with Gasteiger partial charge in [-0.25, -0.2) is 0 Å². The molecule has 0 radical (unpaired) electrons. The Bertz CT molecular complexity index is 206. The highest BCUT2D eigenvalue weighted by Crippen LogP contribution is 1.93. The minimum Gasteiger partial charge on any atom is -0.320 e. The summed E-state index contributed by atoms with van der Waals surface area (Å²) in [6, 6.07) is 0. The Morgan fingerprint density at radius 1 is 1.78 bits per heavy atom. The van der Waals surface area contributed by atoms with Crippen molar-refractivity contribution in [1.82, 2.24) is 15.2 Å². The highest BCUT2D eigenvalue weighted by molar-refractivity contribution is 7.79. The van der Waals surface area contributed by atoms with Crippen LogP contribution in [0.1, 0.15) is 5.82 Å². The number of anilines is 1. The van der Waals surface area contributed by atoms with Crippen LogP contribution >= 0.6 is 12.2 Å². The van der Waals surface area contributed by atoms with Crippen LogP contribution in [0.25, 0.3) is 0 Å². The molecule has 0 amide bonds. The van der Waals surface area contributed by atoms with Gasteiger partial charge in [0.1, 0.15) is 5.82 Å². The molecule has 0 saturated heterocycles. The maximum atomic E-state index is 4.51. The fourth-order valence-corrected chi connectivity index (χ4v) is 0.565. The van der Waals surface area contributed by atoms with Crippen LogP contribution in [0.4, 0.5) is 5.95 Å². The van der Waals surface area contributed by atoms with Gasteiger partial charge in [-0.3, -0.25) is 5.10 Å². The van der Waals surface area contributed by atoms with Gasteiger partial charge in [0.25, 0.3) is 0 Å². The molecule has 0 bridgehead atoms. The van der Waals surface area contributed by atoms with E-state index in [0.29, 0.717) is 5.95 Å². The quantitative estimate of drug-likeness (QED) is 0.590. The summed E-state index contributed by atoms with van der Waals surface area (Å²) in [5, 5.41) is 9.09. The van der Waals surface area contributed by atoms with Crippen molar-refractivity contribution in [1.29, 1.82) is 0 Å². The van der Waals surface area contributed by atoms with Crippen molar-refractivity contribution in [2.45, 2.75) is 6.92 Å². The van der Waals surface area contributed by atoms with E-state index in [-0.39, 0.29) is 0 Å². The predicted molar refractivity (Wildman–Crippen MR) is 38.4 cm³/mol. The lowest BCUT2D eigenvalue weighted by Gasteiger charge is -1.84. The molecule has 1 aromatic heterocycles. The largest absolute Gasteiger partial charge is 0.320 e. The third-order valence-electron chi connectivity index (χ3n) is 0.785. The lowest BCUT2D eigenvalue weighted by Crippen LogP contribution is -1.93. The number of hydrogen-bond donors (Lipinski definition) is 2. The van der Waals surface area contributed by atoms with Crippen LogP contribution < -0.4 is 5.32 Å². The van der Waals surface area contributed by atoms with Gasteiger partial charge in [-0.05, 0) is 6.92 Å². The molecule has 0 aliphatic heterocycles. The summed E-state index contributed by atoms with van der Waals surface area (Å²) in [5.41, 5.74) is 1.36. The Hall–Kier alpha value is -0.970. The molecule has 1 rings (SSSR count). The van der Waals surface area contributed by atoms with E-state index >= 15 is 0 Å². The zero-order valence-corrected chi connectivity index (χ0v) is 5.70. The summed E-state index contributed by atoms with van der Waals surface area (Å²) in [6.45, 7) is 1.82. The molecule has 4 nitrogen and oxygen atoms in total. The fraction of sp³-hybridized carbons (Fsp3) is 0.250. The highest BCUT2D eigenvalue weighted by atomic mass is 32.1. The Kier molecular flexibility index (Phi) is 1.74. The van der Waals surface area contributed by atoms with Gasteiger partial charge in [-0.2, -0.15) is 4.98 Å². The number of nitrogens with zero attached hydrogens (tertiary/aromatic N) is 2. The second-order valence-electron chi connectivity index (χ2n) is 1.51. The number of nitrogens with one attached hydrogen (secondary N) is 2. The Balaban J connectivity index is 2.72. The first kappa shape index (κ1) is 6.15. The van der Waals surface area contributed by atoms with Gasteiger partial charge < -0.3 is 5.32 Å². The van der Waals surface area contributed by atoms with Crippen molar-refractivity contribution in [2.24, 2.45) is 0 Å². The number of thiocarbonyl (C=S) groups is 1. The third-order valence-corrected chi connectivity index (χ3v) is 0.903. The number of aryl methyl sites for hydroxylation is 1. The minimum absolute atomic E-state index is 0.516. The molecule has 1 heterocycles. The SMILES string of the molecule is Cc1nc(NC=S)n[nH]1. The minimum atomic E-state index is 0.516. The summed E-state index contributed by atoms with van der Waals surface area (Å²) in [7, 11) is 0. The third kappa shape index (κ3) is 1.46. The van der Waals surface area contributed by atoms with E-state index in [9.17, 15) is 0 Å². The molecule has 5 heteroatoms. The second kappa shape index (κ2) is 2.54. The molecule has 0 aliphatic carbocycles. The summed E-state index contributed by atoms with van der Waals surface area (Å²) in [5.74, 6) is 1.29. The van der Waals surface area contributed by atoms with Crippen molar-refractivity contribution in [3.05, 3.63) is 5.82 Å². The number of H-pyrrole nitrogens is 1. The van der Waals surface area contributed by atoms with Gasteiger partial charge in [-0.1, -0.05) is 12.2 Å². The maximum Gasteiger partial charge on any atom is 0.246 e. The second-order valence-corrected chi connectivity index (χ2v) is 1.74. The van der Waals surface area contributed by atoms with Crippen LogP contribution in [0.15, 0.2) is 0 Å².